The summed E-state index contributed by atoms with van der Waals surface area (Å²) in [7, 11) is -3.96. The number of primary sulfonamides is 1. The van der Waals surface area contributed by atoms with Crippen LogP contribution in [0.25, 0.3) is 0 Å². The molecule has 1 heterocycles. The third-order valence-corrected chi connectivity index (χ3v) is 5.29. The normalized spacial score (nSPS) is 11.4. The van der Waals surface area contributed by atoms with E-state index in [4.69, 9.17) is 16.7 Å². The molecule has 5 nitrogen and oxygen atoms in total. The van der Waals surface area contributed by atoms with Crippen LogP contribution in [0.3, 0.4) is 0 Å². The van der Waals surface area contributed by atoms with E-state index in [1.54, 1.807) is 11.3 Å². The van der Waals surface area contributed by atoms with E-state index in [1.165, 1.54) is 18.2 Å². The minimum Gasteiger partial charge on any atom is -0.347 e. The number of carbonyl (C=O) groups excluding carboxylic acids is 1. The molecule has 0 saturated carbocycles. The molecule has 112 valence electrons. The number of nitrogens with one attached hydrogen (secondary N) is 1. The lowest BCUT2D eigenvalue weighted by atomic mass is 10.2. The number of rotatable bonds is 4. The highest BCUT2D eigenvalue weighted by atomic mass is 35.5. The van der Waals surface area contributed by atoms with Gasteiger partial charge in [0.05, 0.1) is 11.6 Å². The standard InChI is InChI=1S/C13H13ClN2O3S2/c1-8-4-5-20-11(8)7-16-13(17)9-2-3-10(14)12(6-9)21(15,18)19/h2-6H,7H2,1H3,(H,16,17)(H2,15,18,19). The number of aryl methyl sites for hydroxylation is 1. The average Bonchev–Trinajstić information content (AvgIpc) is 2.80. The van der Waals surface area contributed by atoms with Gasteiger partial charge in [-0.3, -0.25) is 4.79 Å². The molecule has 0 saturated heterocycles. The molecule has 0 fully saturated rings. The molecule has 3 N–H and O–H groups in total. The van der Waals surface area contributed by atoms with Crippen LogP contribution in [0.5, 0.6) is 0 Å². The first-order valence-electron chi connectivity index (χ1n) is 5.92. The van der Waals surface area contributed by atoms with Crippen molar-refractivity contribution in [1.82, 2.24) is 5.32 Å². The number of thiophene rings is 1. The topological polar surface area (TPSA) is 89.3 Å². The molecule has 0 aliphatic rings. The Bertz CT molecular complexity index is 784. The molecule has 0 aliphatic heterocycles. The summed E-state index contributed by atoms with van der Waals surface area (Å²) in [6, 6.07) is 5.93. The Kier molecular flexibility index (Phi) is 4.67. The summed E-state index contributed by atoms with van der Waals surface area (Å²) >= 11 is 7.32. The van der Waals surface area contributed by atoms with Crippen molar-refractivity contribution in [3.05, 3.63) is 50.7 Å². The molecular weight excluding hydrogens is 332 g/mol. The van der Waals surface area contributed by atoms with E-state index in [0.717, 1.165) is 10.4 Å². The van der Waals surface area contributed by atoms with Crippen molar-refractivity contribution in [3.8, 4) is 0 Å². The fourth-order valence-electron chi connectivity index (χ4n) is 1.71. The molecule has 0 unspecified atom stereocenters. The van der Waals surface area contributed by atoms with E-state index in [2.05, 4.69) is 5.32 Å². The van der Waals surface area contributed by atoms with Gasteiger partial charge in [-0.1, -0.05) is 11.6 Å². The first kappa shape index (κ1) is 16.0. The number of hydrogen-bond donors (Lipinski definition) is 2. The van der Waals surface area contributed by atoms with Crippen LogP contribution < -0.4 is 10.5 Å². The Hall–Kier alpha value is -1.41. The second-order valence-electron chi connectivity index (χ2n) is 4.40. The summed E-state index contributed by atoms with van der Waals surface area (Å²) in [5.41, 5.74) is 1.29. The third-order valence-electron chi connectivity index (χ3n) is 2.88. The zero-order chi connectivity index (χ0) is 15.6. The zero-order valence-electron chi connectivity index (χ0n) is 11.1. The molecule has 0 aliphatic carbocycles. The monoisotopic (exact) mass is 344 g/mol. The lowest BCUT2D eigenvalue weighted by Gasteiger charge is -2.07. The Morgan fingerprint density at radius 3 is 2.67 bits per heavy atom. The van der Waals surface area contributed by atoms with Crippen LogP contribution in [0.15, 0.2) is 34.5 Å². The van der Waals surface area contributed by atoms with E-state index < -0.39 is 10.0 Å². The van der Waals surface area contributed by atoms with Crippen molar-refractivity contribution >= 4 is 38.9 Å². The van der Waals surface area contributed by atoms with Crippen molar-refractivity contribution in [2.75, 3.05) is 0 Å². The second kappa shape index (κ2) is 6.15. The number of nitrogens with two attached hydrogens (primary N) is 1. The summed E-state index contributed by atoms with van der Waals surface area (Å²) in [6.45, 7) is 2.34. The molecule has 1 amide bonds. The maximum atomic E-state index is 12.1. The lowest BCUT2D eigenvalue weighted by molar-refractivity contribution is 0.0951. The van der Waals surface area contributed by atoms with E-state index in [0.29, 0.717) is 6.54 Å². The number of benzene rings is 1. The molecule has 0 radical (unpaired) electrons. The highest BCUT2D eigenvalue weighted by Crippen LogP contribution is 2.21. The molecule has 1 aromatic heterocycles. The van der Waals surface area contributed by atoms with Gasteiger partial charge in [-0.15, -0.1) is 11.3 Å². The first-order valence-corrected chi connectivity index (χ1v) is 8.73. The first-order chi connectivity index (χ1) is 9.79. The molecule has 2 rings (SSSR count). The van der Waals surface area contributed by atoms with E-state index in [9.17, 15) is 13.2 Å². The summed E-state index contributed by atoms with van der Waals surface area (Å²) in [6.07, 6.45) is 0. The SMILES string of the molecule is Cc1ccsc1CNC(=O)c1ccc(Cl)c(S(N)(=O)=O)c1. The van der Waals surface area contributed by atoms with Crippen molar-refractivity contribution in [3.63, 3.8) is 0 Å². The van der Waals surface area contributed by atoms with Gasteiger partial charge in [-0.2, -0.15) is 0 Å². The van der Waals surface area contributed by atoms with Crippen LogP contribution in [-0.2, 0) is 16.6 Å². The third kappa shape index (κ3) is 3.82. The Morgan fingerprint density at radius 1 is 1.38 bits per heavy atom. The van der Waals surface area contributed by atoms with Crippen LogP contribution in [0, 0.1) is 6.92 Å². The largest absolute Gasteiger partial charge is 0.347 e. The van der Waals surface area contributed by atoms with Gasteiger partial charge < -0.3 is 5.32 Å². The summed E-state index contributed by atoms with van der Waals surface area (Å²) in [5.74, 6) is -0.385. The number of amides is 1. The van der Waals surface area contributed by atoms with Crippen molar-refractivity contribution in [2.24, 2.45) is 5.14 Å². The van der Waals surface area contributed by atoms with Crippen LogP contribution in [0.4, 0.5) is 0 Å². The molecule has 0 spiro atoms. The van der Waals surface area contributed by atoms with Crippen molar-refractivity contribution in [1.29, 1.82) is 0 Å². The van der Waals surface area contributed by atoms with Gasteiger partial charge in [0.2, 0.25) is 10.0 Å². The van der Waals surface area contributed by atoms with Gasteiger partial charge >= 0.3 is 0 Å². The predicted octanol–water partition coefficient (Wildman–Crippen LogP) is 2.29. The maximum Gasteiger partial charge on any atom is 0.251 e. The van der Waals surface area contributed by atoms with E-state index in [-0.39, 0.29) is 21.4 Å². The predicted molar refractivity (Wildman–Crippen MR) is 83.1 cm³/mol. The molecule has 21 heavy (non-hydrogen) atoms. The maximum absolute atomic E-state index is 12.1. The Balaban J connectivity index is 2.19. The van der Waals surface area contributed by atoms with E-state index in [1.807, 2.05) is 18.4 Å². The number of hydrogen-bond acceptors (Lipinski definition) is 4. The van der Waals surface area contributed by atoms with Gasteiger partial charge in [0.1, 0.15) is 4.90 Å². The highest BCUT2D eigenvalue weighted by molar-refractivity contribution is 7.89. The number of halogens is 1. The fourth-order valence-corrected chi connectivity index (χ4v) is 3.63. The summed E-state index contributed by atoms with van der Waals surface area (Å²) in [5, 5.41) is 9.72. The lowest BCUT2D eigenvalue weighted by Crippen LogP contribution is -2.23. The molecule has 8 heteroatoms. The Morgan fingerprint density at radius 2 is 2.10 bits per heavy atom. The Labute approximate surface area is 131 Å². The van der Waals surface area contributed by atoms with E-state index >= 15 is 0 Å². The van der Waals surface area contributed by atoms with Gasteiger partial charge in [-0.25, -0.2) is 13.6 Å². The quantitative estimate of drug-likeness (QED) is 0.891. The van der Waals surface area contributed by atoms with Gasteiger partial charge in [0, 0.05) is 10.4 Å². The average molecular weight is 345 g/mol. The minimum absolute atomic E-state index is 0.0110. The molecule has 0 atom stereocenters. The van der Waals surface area contributed by atoms with Crippen LogP contribution in [0.1, 0.15) is 20.8 Å². The van der Waals surface area contributed by atoms with Crippen LogP contribution in [-0.4, -0.2) is 14.3 Å². The van der Waals surface area contributed by atoms with Crippen molar-refractivity contribution in [2.45, 2.75) is 18.4 Å². The number of carbonyl (C=O) groups is 1. The van der Waals surface area contributed by atoms with Crippen LogP contribution >= 0.6 is 22.9 Å². The fraction of sp³-hybridized carbons (Fsp3) is 0.154. The van der Waals surface area contributed by atoms with Gasteiger partial charge in [0.15, 0.2) is 0 Å². The van der Waals surface area contributed by atoms with Gasteiger partial charge in [0.25, 0.3) is 5.91 Å². The highest BCUT2D eigenvalue weighted by Gasteiger charge is 2.16. The summed E-state index contributed by atoms with van der Waals surface area (Å²) in [4.78, 5) is 12.8. The minimum atomic E-state index is -3.96. The molecule has 2 aromatic rings. The van der Waals surface area contributed by atoms with Crippen molar-refractivity contribution < 1.29 is 13.2 Å². The van der Waals surface area contributed by atoms with Crippen LogP contribution in [0.2, 0.25) is 5.02 Å². The number of sulfonamides is 1. The smallest absolute Gasteiger partial charge is 0.251 e. The molecule has 1 aromatic carbocycles. The molecular formula is C13H13ClN2O3S2. The van der Waals surface area contributed by atoms with Gasteiger partial charge in [-0.05, 0) is 42.1 Å². The summed E-state index contributed by atoms with van der Waals surface area (Å²) < 4.78 is 22.8. The molecule has 0 bridgehead atoms. The zero-order valence-corrected chi connectivity index (χ0v) is 13.5. The second-order valence-corrected chi connectivity index (χ2v) is 7.34.